The molecule has 3 heterocycles. The van der Waals surface area contributed by atoms with Crippen LogP contribution in [0, 0.1) is 0 Å². The first-order valence-corrected chi connectivity index (χ1v) is 14.2. The van der Waals surface area contributed by atoms with Crippen LogP contribution in [0.3, 0.4) is 0 Å². The molecule has 1 aromatic heterocycles. The number of carbonyl (C=O) groups is 1. The smallest absolute Gasteiger partial charge is 0.254 e. The lowest BCUT2D eigenvalue weighted by molar-refractivity contribution is 0.0827. The second kappa shape index (κ2) is 17.7. The molecule has 3 rings (SSSR count). The Morgan fingerprint density at radius 1 is 1.15 bits per heavy atom. The molecule has 2 aliphatic heterocycles. The predicted octanol–water partition coefficient (Wildman–Crippen LogP) is 4.54. The van der Waals surface area contributed by atoms with Crippen molar-refractivity contribution in [2.24, 2.45) is 11.5 Å². The Kier molecular flexibility index (Phi) is 15.2. The summed E-state index contributed by atoms with van der Waals surface area (Å²) in [5.74, 6) is 0.527. The zero-order valence-electron chi connectivity index (χ0n) is 26.1. The molecule has 8 heteroatoms. The molecule has 40 heavy (non-hydrogen) atoms. The van der Waals surface area contributed by atoms with Crippen molar-refractivity contribution in [3.63, 3.8) is 0 Å². The van der Waals surface area contributed by atoms with Crippen LogP contribution in [0.1, 0.15) is 64.0 Å². The summed E-state index contributed by atoms with van der Waals surface area (Å²) in [6, 6.07) is 3.80. The number of pyridine rings is 1. The highest BCUT2D eigenvalue weighted by Gasteiger charge is 2.17. The lowest BCUT2D eigenvalue weighted by Gasteiger charge is -2.27. The van der Waals surface area contributed by atoms with Crippen LogP contribution in [-0.2, 0) is 0 Å². The quantitative estimate of drug-likeness (QED) is 0.352. The molecule has 8 nitrogen and oxygen atoms in total. The van der Waals surface area contributed by atoms with Gasteiger partial charge in [-0.2, -0.15) is 0 Å². The molecule has 0 aromatic carbocycles. The van der Waals surface area contributed by atoms with E-state index in [2.05, 4.69) is 52.6 Å². The number of rotatable bonds is 8. The van der Waals surface area contributed by atoms with Crippen LogP contribution >= 0.6 is 0 Å². The maximum atomic E-state index is 12.1. The molecule has 0 aliphatic carbocycles. The van der Waals surface area contributed by atoms with Crippen LogP contribution < -0.4 is 22.1 Å². The molecule has 1 aromatic rings. The number of allylic oxidation sites excluding steroid dienone is 5. The van der Waals surface area contributed by atoms with E-state index < -0.39 is 0 Å². The van der Waals surface area contributed by atoms with Gasteiger partial charge in [0.2, 0.25) is 0 Å². The van der Waals surface area contributed by atoms with E-state index in [1.165, 1.54) is 11.1 Å². The zero-order chi connectivity index (χ0) is 30.2. The third-order valence-electron chi connectivity index (χ3n) is 6.31. The fourth-order valence-corrected chi connectivity index (χ4v) is 4.23. The van der Waals surface area contributed by atoms with Gasteiger partial charge in [0, 0.05) is 76.1 Å². The van der Waals surface area contributed by atoms with Gasteiger partial charge in [-0.1, -0.05) is 51.5 Å². The fraction of sp³-hybridized carbons (Fsp3) is 0.438. The summed E-state index contributed by atoms with van der Waals surface area (Å²) >= 11 is 0. The highest BCUT2D eigenvalue weighted by atomic mass is 16.2. The zero-order valence-corrected chi connectivity index (χ0v) is 26.1. The number of aromatic nitrogens is 1. The Labute approximate surface area is 242 Å². The van der Waals surface area contributed by atoms with Gasteiger partial charge in [-0.25, -0.2) is 0 Å². The number of hydrogen-bond acceptors (Lipinski definition) is 7. The van der Waals surface area contributed by atoms with E-state index >= 15 is 0 Å². The Bertz CT molecular complexity index is 1150. The Hall–Kier alpha value is -3.78. The van der Waals surface area contributed by atoms with E-state index in [0.717, 1.165) is 55.1 Å². The standard InChI is InChI=1S/C28H39N7O.2C2H6/c1-19(16-24-20(2)32-13-10-23(24)25(29)7-9-27(30)31-3)18-35-14-11-21(12-15-35)26-8-6-22(17-33-26)28(36)34(4)5;2*1-2/h6-11,16-17,31-32H,12-15,18,29-30H2,1-5H3;2*1-2H3/b19-16+,25-7-,27-9+;;. The van der Waals surface area contributed by atoms with Gasteiger partial charge in [-0.05, 0) is 50.1 Å². The third kappa shape index (κ3) is 10.1. The van der Waals surface area contributed by atoms with Crippen LogP contribution in [0.15, 0.2) is 82.6 Å². The van der Waals surface area contributed by atoms with Crippen LogP contribution in [0.25, 0.3) is 5.57 Å². The molecular weight excluding hydrogens is 498 g/mol. The molecule has 220 valence electrons. The summed E-state index contributed by atoms with van der Waals surface area (Å²) in [7, 11) is 5.27. The Morgan fingerprint density at radius 2 is 1.85 bits per heavy atom. The molecule has 2 aliphatic rings. The highest BCUT2D eigenvalue weighted by Crippen LogP contribution is 2.26. The number of hydrogen-bond donors (Lipinski definition) is 4. The van der Waals surface area contributed by atoms with Gasteiger partial charge in [0.25, 0.3) is 5.91 Å². The van der Waals surface area contributed by atoms with E-state index in [0.29, 0.717) is 17.1 Å². The number of nitrogens with two attached hydrogens (primary N) is 2. The van der Waals surface area contributed by atoms with Gasteiger partial charge in [-0.15, -0.1) is 0 Å². The molecule has 0 bridgehead atoms. The van der Waals surface area contributed by atoms with Gasteiger partial charge >= 0.3 is 0 Å². The highest BCUT2D eigenvalue weighted by molar-refractivity contribution is 5.93. The molecule has 6 N–H and O–H groups in total. The SMILES string of the molecule is CC.CC.CN/C(N)=C/C=C(\N)C1=CCNC(C)=C1/C=C(\C)CN1CC=C(c2ccc(C(=O)N(C)C)cn2)CC1. The summed E-state index contributed by atoms with van der Waals surface area (Å²) in [6.45, 7) is 15.7. The van der Waals surface area contributed by atoms with Gasteiger partial charge < -0.3 is 27.0 Å². The van der Waals surface area contributed by atoms with Crippen LogP contribution in [0.2, 0.25) is 0 Å². The monoisotopic (exact) mass is 549 g/mol. The first kappa shape index (κ1) is 34.2. The number of amides is 1. The number of dihydropyridines is 1. The molecule has 0 fully saturated rings. The van der Waals surface area contributed by atoms with E-state index in [1.807, 2.05) is 45.9 Å². The van der Waals surface area contributed by atoms with Gasteiger partial charge in [0.05, 0.1) is 17.1 Å². The molecule has 0 saturated carbocycles. The summed E-state index contributed by atoms with van der Waals surface area (Å²) in [5.41, 5.74) is 20.2. The van der Waals surface area contributed by atoms with Crippen molar-refractivity contribution in [2.75, 3.05) is 47.3 Å². The van der Waals surface area contributed by atoms with Crippen molar-refractivity contribution in [3.05, 3.63) is 93.9 Å². The van der Waals surface area contributed by atoms with E-state index in [9.17, 15) is 4.79 Å². The van der Waals surface area contributed by atoms with Crippen molar-refractivity contribution in [2.45, 2.75) is 48.0 Å². The minimum atomic E-state index is -0.0348. The number of nitrogens with zero attached hydrogens (tertiary/aromatic N) is 3. The van der Waals surface area contributed by atoms with Crippen LogP contribution in [0.5, 0.6) is 0 Å². The summed E-state index contributed by atoms with van der Waals surface area (Å²) in [4.78, 5) is 20.6. The normalized spacial score (nSPS) is 16.4. The minimum Gasteiger partial charge on any atom is -0.398 e. The first-order valence-electron chi connectivity index (χ1n) is 14.2. The molecule has 0 atom stereocenters. The van der Waals surface area contributed by atoms with E-state index in [1.54, 1.807) is 38.3 Å². The van der Waals surface area contributed by atoms with E-state index in [4.69, 9.17) is 11.5 Å². The fourth-order valence-electron chi connectivity index (χ4n) is 4.23. The molecule has 0 radical (unpaired) electrons. The third-order valence-corrected chi connectivity index (χ3v) is 6.31. The molecule has 1 amide bonds. The summed E-state index contributed by atoms with van der Waals surface area (Å²) in [6.07, 6.45) is 12.8. The second-order valence-corrected chi connectivity index (χ2v) is 9.37. The average molecular weight is 550 g/mol. The van der Waals surface area contributed by atoms with Crippen molar-refractivity contribution in [1.82, 2.24) is 25.4 Å². The number of carbonyl (C=O) groups excluding carboxylic acids is 1. The van der Waals surface area contributed by atoms with Crippen LogP contribution in [0.4, 0.5) is 0 Å². The van der Waals surface area contributed by atoms with Gasteiger partial charge in [-0.3, -0.25) is 14.7 Å². The topological polar surface area (TPSA) is 113 Å². The van der Waals surface area contributed by atoms with Gasteiger partial charge in [0.15, 0.2) is 0 Å². The van der Waals surface area contributed by atoms with Gasteiger partial charge in [0.1, 0.15) is 0 Å². The van der Waals surface area contributed by atoms with Crippen molar-refractivity contribution in [1.29, 1.82) is 0 Å². The molecule has 0 unspecified atom stereocenters. The lowest BCUT2D eigenvalue weighted by atomic mass is 9.95. The van der Waals surface area contributed by atoms with E-state index in [-0.39, 0.29) is 5.91 Å². The Morgan fingerprint density at radius 3 is 2.40 bits per heavy atom. The second-order valence-electron chi connectivity index (χ2n) is 9.37. The maximum Gasteiger partial charge on any atom is 0.254 e. The van der Waals surface area contributed by atoms with Crippen molar-refractivity contribution < 1.29 is 4.79 Å². The maximum absolute atomic E-state index is 12.1. The molecular formula is C32H51N7O. The predicted molar refractivity (Wildman–Crippen MR) is 170 cm³/mol. The number of nitrogens with one attached hydrogen (secondary N) is 2. The summed E-state index contributed by atoms with van der Waals surface area (Å²) < 4.78 is 0. The molecule has 0 spiro atoms. The largest absolute Gasteiger partial charge is 0.398 e. The minimum absolute atomic E-state index is 0.0348. The Balaban J connectivity index is 0.00000191. The van der Waals surface area contributed by atoms with Crippen molar-refractivity contribution >= 4 is 11.5 Å². The average Bonchev–Trinajstić information content (AvgIpc) is 2.98. The van der Waals surface area contributed by atoms with Crippen LogP contribution in [-0.4, -0.2) is 68.0 Å². The summed E-state index contributed by atoms with van der Waals surface area (Å²) in [5, 5.41) is 6.31. The lowest BCUT2D eigenvalue weighted by Crippen LogP contribution is -2.30. The molecule has 0 saturated heterocycles. The first-order chi connectivity index (χ1) is 19.2. The van der Waals surface area contributed by atoms with Crippen molar-refractivity contribution in [3.8, 4) is 0 Å².